The predicted molar refractivity (Wildman–Crippen MR) is 37.3 cm³/mol. The predicted octanol–water partition coefficient (Wildman–Crippen LogP) is 2.11. The first kappa shape index (κ1) is 9.98. The summed E-state index contributed by atoms with van der Waals surface area (Å²) >= 11 is 0. The molecule has 1 atom stereocenters. The molecule has 1 rings (SSSR count). The molecule has 0 aliphatic heterocycles. The molecule has 0 fully saturated rings. The summed E-state index contributed by atoms with van der Waals surface area (Å²) in [4.78, 5) is 0. The first-order chi connectivity index (χ1) is 6.07. The first-order valence-electron chi connectivity index (χ1n) is 3.45. The Labute approximate surface area is 71.6 Å². The summed E-state index contributed by atoms with van der Waals surface area (Å²) in [6, 6.07) is 1.44. The van der Waals surface area contributed by atoms with Crippen LogP contribution in [0.3, 0.4) is 0 Å². The van der Waals surface area contributed by atoms with E-state index in [-0.39, 0.29) is 0 Å². The van der Waals surface area contributed by atoms with Crippen molar-refractivity contribution in [1.82, 2.24) is 0 Å². The van der Waals surface area contributed by atoms with Gasteiger partial charge in [0.05, 0.1) is 0 Å². The third-order valence-electron chi connectivity index (χ3n) is 1.57. The highest BCUT2D eigenvalue weighted by atomic mass is 19.2. The number of alkyl halides is 1. The van der Waals surface area contributed by atoms with E-state index in [2.05, 4.69) is 0 Å². The van der Waals surface area contributed by atoms with Gasteiger partial charge in [-0.15, -0.1) is 0 Å². The molecule has 13 heavy (non-hydrogen) atoms. The van der Waals surface area contributed by atoms with Gasteiger partial charge in [-0.25, -0.2) is 17.6 Å². The van der Waals surface area contributed by atoms with E-state index in [9.17, 15) is 17.6 Å². The van der Waals surface area contributed by atoms with Crippen molar-refractivity contribution >= 4 is 0 Å². The molecular weight excluding hydrogens is 188 g/mol. The number of rotatable bonds is 2. The zero-order chi connectivity index (χ0) is 10.0. The highest BCUT2D eigenvalue weighted by molar-refractivity contribution is 5.22. The fourth-order valence-electron chi connectivity index (χ4n) is 0.881. The van der Waals surface area contributed by atoms with E-state index in [0.29, 0.717) is 6.07 Å². The van der Waals surface area contributed by atoms with Crippen molar-refractivity contribution in [1.29, 1.82) is 0 Å². The number of hydrogen-bond acceptors (Lipinski definition) is 1. The van der Waals surface area contributed by atoms with Gasteiger partial charge in [0, 0.05) is 5.56 Å². The SMILES string of the molecule is OC(CF)c1ccc(F)c(F)c1F. The van der Waals surface area contributed by atoms with Crippen molar-refractivity contribution in [3.8, 4) is 0 Å². The second-order valence-corrected chi connectivity index (χ2v) is 2.43. The van der Waals surface area contributed by atoms with Crippen molar-refractivity contribution in [3.63, 3.8) is 0 Å². The van der Waals surface area contributed by atoms with Crippen molar-refractivity contribution < 1.29 is 22.7 Å². The smallest absolute Gasteiger partial charge is 0.194 e. The fraction of sp³-hybridized carbons (Fsp3) is 0.250. The van der Waals surface area contributed by atoms with Crippen molar-refractivity contribution in [2.24, 2.45) is 0 Å². The summed E-state index contributed by atoms with van der Waals surface area (Å²) in [7, 11) is 0. The van der Waals surface area contributed by atoms with Crippen molar-refractivity contribution in [3.05, 3.63) is 35.1 Å². The van der Waals surface area contributed by atoms with Crippen molar-refractivity contribution in [2.45, 2.75) is 6.10 Å². The lowest BCUT2D eigenvalue weighted by molar-refractivity contribution is 0.136. The summed E-state index contributed by atoms with van der Waals surface area (Å²) < 4.78 is 49.5. The summed E-state index contributed by atoms with van der Waals surface area (Å²) in [6.07, 6.45) is -1.75. The maximum Gasteiger partial charge on any atom is 0.194 e. The molecule has 0 aromatic heterocycles. The van der Waals surface area contributed by atoms with E-state index in [1.54, 1.807) is 0 Å². The van der Waals surface area contributed by atoms with Crippen LogP contribution >= 0.6 is 0 Å². The number of hydrogen-bond donors (Lipinski definition) is 1. The highest BCUT2D eigenvalue weighted by Crippen LogP contribution is 2.21. The molecule has 72 valence electrons. The number of aliphatic hydroxyl groups is 1. The molecule has 0 heterocycles. The minimum Gasteiger partial charge on any atom is -0.386 e. The lowest BCUT2D eigenvalue weighted by Crippen LogP contribution is -2.05. The Balaban J connectivity index is 3.18. The van der Waals surface area contributed by atoms with E-state index in [1.165, 1.54) is 0 Å². The second kappa shape index (κ2) is 3.74. The van der Waals surface area contributed by atoms with Crippen LogP contribution in [0.2, 0.25) is 0 Å². The highest BCUT2D eigenvalue weighted by Gasteiger charge is 2.18. The van der Waals surface area contributed by atoms with E-state index < -0.39 is 35.8 Å². The summed E-state index contributed by atoms with van der Waals surface area (Å²) in [6.45, 7) is -1.25. The summed E-state index contributed by atoms with van der Waals surface area (Å²) in [5.41, 5.74) is -0.582. The van der Waals surface area contributed by atoms with Gasteiger partial charge in [0.1, 0.15) is 12.8 Å². The Morgan fingerprint density at radius 3 is 2.31 bits per heavy atom. The van der Waals surface area contributed by atoms with E-state index >= 15 is 0 Å². The zero-order valence-corrected chi connectivity index (χ0v) is 6.40. The van der Waals surface area contributed by atoms with E-state index in [0.717, 1.165) is 6.07 Å². The molecule has 1 N–H and O–H groups in total. The van der Waals surface area contributed by atoms with Crippen LogP contribution in [0.5, 0.6) is 0 Å². The number of benzene rings is 1. The Kier molecular flexibility index (Phi) is 2.87. The first-order valence-corrected chi connectivity index (χ1v) is 3.45. The normalized spacial score (nSPS) is 13.0. The van der Waals surface area contributed by atoms with E-state index in [4.69, 9.17) is 5.11 Å². The number of aliphatic hydroxyl groups excluding tert-OH is 1. The summed E-state index contributed by atoms with van der Waals surface area (Å²) in [5, 5.41) is 8.82. The van der Waals surface area contributed by atoms with Gasteiger partial charge >= 0.3 is 0 Å². The topological polar surface area (TPSA) is 20.2 Å². The van der Waals surface area contributed by atoms with Crippen LogP contribution in [0.4, 0.5) is 17.6 Å². The van der Waals surface area contributed by atoms with Gasteiger partial charge in [0.15, 0.2) is 17.5 Å². The van der Waals surface area contributed by atoms with Crippen molar-refractivity contribution in [2.75, 3.05) is 6.67 Å². The zero-order valence-electron chi connectivity index (χ0n) is 6.40. The average Bonchev–Trinajstić information content (AvgIpc) is 2.13. The third kappa shape index (κ3) is 1.80. The Morgan fingerprint density at radius 2 is 1.77 bits per heavy atom. The van der Waals surface area contributed by atoms with Crippen LogP contribution in [-0.4, -0.2) is 11.8 Å². The quantitative estimate of drug-likeness (QED) is 0.564. The van der Waals surface area contributed by atoms with E-state index in [1.807, 2.05) is 0 Å². The van der Waals surface area contributed by atoms with Crippen LogP contribution in [0.25, 0.3) is 0 Å². The molecule has 0 saturated carbocycles. The fourth-order valence-corrected chi connectivity index (χ4v) is 0.881. The van der Waals surface area contributed by atoms with Gasteiger partial charge < -0.3 is 5.11 Å². The van der Waals surface area contributed by atoms with Gasteiger partial charge in [-0.05, 0) is 6.07 Å². The van der Waals surface area contributed by atoms with Gasteiger partial charge in [-0.3, -0.25) is 0 Å². The molecule has 0 amide bonds. The molecule has 0 aliphatic rings. The molecule has 0 aliphatic carbocycles. The van der Waals surface area contributed by atoms with Gasteiger partial charge in [0.25, 0.3) is 0 Å². The maximum atomic E-state index is 12.8. The number of halogens is 4. The molecule has 0 radical (unpaired) electrons. The molecule has 0 saturated heterocycles. The Bertz CT molecular complexity index is 313. The molecule has 1 aromatic carbocycles. The monoisotopic (exact) mass is 194 g/mol. The largest absolute Gasteiger partial charge is 0.386 e. The Hall–Kier alpha value is -1.10. The minimum atomic E-state index is -1.75. The standard InChI is InChI=1S/C8H6F4O/c9-3-6(13)4-1-2-5(10)8(12)7(4)11/h1-2,6,13H,3H2. The van der Waals surface area contributed by atoms with Crippen LogP contribution in [-0.2, 0) is 0 Å². The Morgan fingerprint density at radius 1 is 1.15 bits per heavy atom. The lowest BCUT2D eigenvalue weighted by Gasteiger charge is -2.07. The lowest BCUT2D eigenvalue weighted by atomic mass is 10.1. The molecule has 0 bridgehead atoms. The third-order valence-corrected chi connectivity index (χ3v) is 1.57. The van der Waals surface area contributed by atoms with Crippen LogP contribution in [0.1, 0.15) is 11.7 Å². The van der Waals surface area contributed by atoms with Gasteiger partial charge in [-0.1, -0.05) is 6.07 Å². The molecule has 1 aromatic rings. The minimum absolute atomic E-state index is 0.582. The average molecular weight is 194 g/mol. The van der Waals surface area contributed by atoms with Crippen LogP contribution in [0, 0.1) is 17.5 Å². The van der Waals surface area contributed by atoms with Crippen LogP contribution in [0.15, 0.2) is 12.1 Å². The molecule has 0 spiro atoms. The van der Waals surface area contributed by atoms with Crippen LogP contribution < -0.4 is 0 Å². The molecular formula is C8H6F4O. The molecule has 1 nitrogen and oxygen atoms in total. The van der Waals surface area contributed by atoms with Gasteiger partial charge in [-0.2, -0.15) is 0 Å². The second-order valence-electron chi connectivity index (χ2n) is 2.43. The molecule has 1 unspecified atom stereocenters. The van der Waals surface area contributed by atoms with Gasteiger partial charge in [0.2, 0.25) is 0 Å². The molecule has 5 heteroatoms. The maximum absolute atomic E-state index is 12.8. The summed E-state index contributed by atoms with van der Waals surface area (Å²) in [5.74, 6) is -4.62.